The zero-order valence-electron chi connectivity index (χ0n) is 19.5. The molecule has 0 atom stereocenters. The van der Waals surface area contributed by atoms with Crippen molar-refractivity contribution in [3.63, 3.8) is 0 Å². The summed E-state index contributed by atoms with van der Waals surface area (Å²) in [4.78, 5) is 23.9. The Bertz CT molecular complexity index is 1290. The van der Waals surface area contributed by atoms with Gasteiger partial charge >= 0.3 is 5.97 Å². The van der Waals surface area contributed by atoms with Crippen LogP contribution < -0.4 is 15.5 Å². The molecule has 4 aromatic rings. The number of benzene rings is 2. The van der Waals surface area contributed by atoms with Gasteiger partial charge in [-0.2, -0.15) is 0 Å². The Labute approximate surface area is 201 Å². The number of hydrogen-bond acceptors (Lipinski definition) is 8. The third kappa shape index (κ3) is 6.69. The van der Waals surface area contributed by atoms with Crippen molar-refractivity contribution in [2.24, 2.45) is 0 Å². The summed E-state index contributed by atoms with van der Waals surface area (Å²) < 4.78 is 16.8. The number of nitrogens with one attached hydrogen (secondary N) is 1. The Hall–Kier alpha value is -3.66. The number of para-hydroxylation sites is 1. The maximum Gasteiger partial charge on any atom is 0.341 e. The minimum Gasteiger partial charge on any atom is -0.481 e. The summed E-state index contributed by atoms with van der Waals surface area (Å²) in [5, 5.41) is 29.3. The molecule has 0 fully saturated rings. The third-order valence-electron chi connectivity index (χ3n) is 5.09. The Morgan fingerprint density at radius 2 is 1.80 bits per heavy atom. The second-order valence-electron chi connectivity index (χ2n) is 7.71. The first-order chi connectivity index (χ1) is 17.0. The molecule has 4 N–H and O–H groups in total. The molecule has 0 bridgehead atoms. The molecule has 2 heterocycles. The number of carbonyl (C=O) groups is 1. The molecule has 0 radical (unpaired) electrons. The van der Waals surface area contributed by atoms with Gasteiger partial charge in [-0.25, -0.2) is 4.79 Å². The van der Waals surface area contributed by atoms with Crippen LogP contribution in [0.25, 0.3) is 33.3 Å². The van der Waals surface area contributed by atoms with Gasteiger partial charge in [-0.15, -0.1) is 0 Å². The van der Waals surface area contributed by atoms with Crippen molar-refractivity contribution in [1.82, 2.24) is 5.32 Å². The first-order valence-corrected chi connectivity index (χ1v) is 11.3. The quantitative estimate of drug-likeness (QED) is 0.250. The zero-order valence-corrected chi connectivity index (χ0v) is 19.5. The summed E-state index contributed by atoms with van der Waals surface area (Å²) in [6.07, 6.45) is 2.84. The molecule has 0 saturated carbocycles. The fourth-order valence-corrected chi connectivity index (χ4v) is 3.51. The summed E-state index contributed by atoms with van der Waals surface area (Å²) in [6, 6.07) is 12.6. The van der Waals surface area contributed by atoms with Crippen LogP contribution in [-0.2, 0) is 11.2 Å². The first-order valence-electron chi connectivity index (χ1n) is 11.3. The zero-order chi connectivity index (χ0) is 25.2. The van der Waals surface area contributed by atoms with Gasteiger partial charge in [0, 0.05) is 24.5 Å². The minimum absolute atomic E-state index is 0.139. The van der Waals surface area contributed by atoms with Crippen molar-refractivity contribution in [2.75, 3.05) is 32.9 Å². The first kappa shape index (κ1) is 26.0. The van der Waals surface area contributed by atoms with Gasteiger partial charge in [0.15, 0.2) is 6.61 Å². The molecule has 35 heavy (non-hydrogen) atoms. The van der Waals surface area contributed by atoms with Gasteiger partial charge in [-0.05, 0) is 30.2 Å². The van der Waals surface area contributed by atoms with Crippen LogP contribution >= 0.6 is 0 Å². The lowest BCUT2D eigenvalue weighted by atomic mass is 10.0. The molecule has 0 spiro atoms. The van der Waals surface area contributed by atoms with Gasteiger partial charge in [-0.3, -0.25) is 4.79 Å². The fourth-order valence-electron chi connectivity index (χ4n) is 3.51. The van der Waals surface area contributed by atoms with Crippen LogP contribution in [0.1, 0.15) is 18.9 Å². The molecule has 0 saturated heterocycles. The average Bonchev–Trinajstić information content (AvgIpc) is 3.28. The van der Waals surface area contributed by atoms with E-state index in [2.05, 4.69) is 5.32 Å². The lowest BCUT2D eigenvalue weighted by molar-refractivity contribution is -0.139. The van der Waals surface area contributed by atoms with Crippen LogP contribution in [0.2, 0.25) is 0 Å². The molecule has 9 heteroatoms. The molecule has 186 valence electrons. The summed E-state index contributed by atoms with van der Waals surface area (Å²) in [6.45, 7) is 2.96. The molecule has 0 unspecified atom stereocenters. The van der Waals surface area contributed by atoms with Crippen LogP contribution in [0, 0.1) is 0 Å². The van der Waals surface area contributed by atoms with E-state index in [1.54, 1.807) is 12.1 Å². The highest BCUT2D eigenvalue weighted by molar-refractivity contribution is 5.86. The fraction of sp³-hybridized carbons (Fsp3) is 0.308. The van der Waals surface area contributed by atoms with E-state index in [0.29, 0.717) is 53.1 Å². The van der Waals surface area contributed by atoms with Gasteiger partial charge in [0.25, 0.3) is 0 Å². The van der Waals surface area contributed by atoms with Crippen molar-refractivity contribution in [2.45, 2.75) is 19.8 Å². The number of carboxylic acids is 1. The largest absolute Gasteiger partial charge is 0.481 e. The van der Waals surface area contributed by atoms with Crippen molar-refractivity contribution < 1.29 is 33.7 Å². The average molecular weight is 484 g/mol. The summed E-state index contributed by atoms with van der Waals surface area (Å²) in [7, 11) is 0. The molecular formula is C26H29NO8. The molecule has 0 aliphatic rings. The van der Waals surface area contributed by atoms with Crippen LogP contribution in [-0.4, -0.2) is 54.2 Å². The van der Waals surface area contributed by atoms with Crippen molar-refractivity contribution in [3.05, 3.63) is 64.5 Å². The molecule has 0 aliphatic carbocycles. The van der Waals surface area contributed by atoms with E-state index in [4.69, 9.17) is 28.9 Å². The van der Waals surface area contributed by atoms with Gasteiger partial charge in [-0.1, -0.05) is 31.5 Å². The number of furan rings is 1. The number of aliphatic hydroxyl groups excluding tert-OH is 2. The molecule has 2 aromatic heterocycles. The summed E-state index contributed by atoms with van der Waals surface area (Å²) in [5.41, 5.74) is 1.93. The summed E-state index contributed by atoms with van der Waals surface area (Å²) >= 11 is 0. The number of aliphatic hydroxyl groups is 2. The Kier molecular flexibility index (Phi) is 9.42. The van der Waals surface area contributed by atoms with Crippen molar-refractivity contribution in [3.8, 4) is 17.1 Å². The lowest BCUT2D eigenvalue weighted by Gasteiger charge is -2.11. The van der Waals surface area contributed by atoms with E-state index in [1.165, 1.54) is 6.26 Å². The normalized spacial score (nSPS) is 10.8. The number of carboxylic acid groups (broad SMARTS) is 1. The number of fused-ring (bicyclic) bond motifs is 2. The van der Waals surface area contributed by atoms with E-state index in [1.807, 2.05) is 37.3 Å². The highest BCUT2D eigenvalue weighted by Crippen LogP contribution is 2.30. The molecular weight excluding hydrogens is 454 g/mol. The predicted octanol–water partition coefficient (Wildman–Crippen LogP) is 3.18. The molecule has 2 aromatic carbocycles. The highest BCUT2D eigenvalue weighted by Gasteiger charge is 2.16. The molecule has 4 rings (SSSR count). The SMILES string of the molecule is CCCc1cc2c(=O)c(-c3cc4ccccc4o3)coc2cc1OCC(=O)O.OCCNCCO. The number of rotatable bonds is 10. The maximum atomic E-state index is 13.1. The van der Waals surface area contributed by atoms with Crippen LogP contribution in [0.4, 0.5) is 0 Å². The highest BCUT2D eigenvalue weighted by atomic mass is 16.5. The maximum absolute atomic E-state index is 13.1. The number of aliphatic carboxylic acids is 1. The van der Waals surface area contributed by atoms with Crippen molar-refractivity contribution >= 4 is 27.9 Å². The predicted molar refractivity (Wildman–Crippen MR) is 132 cm³/mol. The van der Waals surface area contributed by atoms with Gasteiger partial charge in [0.1, 0.15) is 34.5 Å². The van der Waals surface area contributed by atoms with E-state index in [-0.39, 0.29) is 18.6 Å². The van der Waals surface area contributed by atoms with Crippen LogP contribution in [0.5, 0.6) is 5.75 Å². The number of hydrogen-bond donors (Lipinski definition) is 4. The topological polar surface area (TPSA) is 142 Å². The van der Waals surface area contributed by atoms with Crippen LogP contribution in [0.15, 0.2) is 62.4 Å². The summed E-state index contributed by atoms with van der Waals surface area (Å²) in [5.74, 6) is -0.208. The Morgan fingerprint density at radius 1 is 1.06 bits per heavy atom. The van der Waals surface area contributed by atoms with Gasteiger partial charge in [0.05, 0.1) is 18.6 Å². The van der Waals surface area contributed by atoms with E-state index in [0.717, 1.165) is 17.4 Å². The molecule has 9 nitrogen and oxygen atoms in total. The van der Waals surface area contributed by atoms with Crippen molar-refractivity contribution in [1.29, 1.82) is 0 Å². The molecule has 0 aliphatic heterocycles. The smallest absolute Gasteiger partial charge is 0.341 e. The third-order valence-corrected chi connectivity index (χ3v) is 5.09. The Morgan fingerprint density at radius 3 is 2.46 bits per heavy atom. The standard InChI is InChI=1S/C22H18O6.C4H11NO2/c1-2-5-13-8-15-19(10-18(13)27-12-21(23)24)26-11-16(22(15)25)20-9-14-6-3-4-7-17(14)28-20;6-3-1-5-2-4-7/h3-4,6-11H,2,5,12H2,1H3,(H,23,24);5-7H,1-4H2. The number of ether oxygens (including phenoxy) is 1. The monoisotopic (exact) mass is 483 g/mol. The van der Waals surface area contributed by atoms with Crippen LogP contribution in [0.3, 0.4) is 0 Å². The van der Waals surface area contributed by atoms with E-state index < -0.39 is 12.6 Å². The van der Waals surface area contributed by atoms with E-state index >= 15 is 0 Å². The Balaban J connectivity index is 0.000000429. The minimum atomic E-state index is -1.07. The van der Waals surface area contributed by atoms with Gasteiger partial charge < -0.3 is 34.2 Å². The molecule has 0 amide bonds. The number of aryl methyl sites for hydroxylation is 1. The second kappa shape index (κ2) is 12.7. The van der Waals surface area contributed by atoms with Gasteiger partial charge in [0.2, 0.25) is 5.43 Å². The lowest BCUT2D eigenvalue weighted by Crippen LogP contribution is -2.21. The second-order valence-corrected chi connectivity index (χ2v) is 7.71. The van der Waals surface area contributed by atoms with E-state index in [9.17, 15) is 9.59 Å².